The van der Waals surface area contributed by atoms with Crippen LogP contribution in [0.4, 0.5) is 0 Å². The molecule has 0 saturated carbocycles. The maximum atomic E-state index is 12.0. The van der Waals surface area contributed by atoms with Crippen LogP contribution in [0.1, 0.15) is 43.2 Å². The van der Waals surface area contributed by atoms with E-state index in [1.54, 1.807) is 18.3 Å². The van der Waals surface area contributed by atoms with Crippen LogP contribution in [0.5, 0.6) is 0 Å². The van der Waals surface area contributed by atoms with Gasteiger partial charge in [0.2, 0.25) is 0 Å². The van der Waals surface area contributed by atoms with Crippen molar-refractivity contribution in [2.75, 3.05) is 0 Å². The average Bonchev–Trinajstić information content (AvgIpc) is 2.76. The van der Waals surface area contributed by atoms with Gasteiger partial charge >= 0.3 is 5.97 Å². The summed E-state index contributed by atoms with van der Waals surface area (Å²) in [5.41, 5.74) is 3.70. The van der Waals surface area contributed by atoms with Gasteiger partial charge in [-0.2, -0.15) is 4.73 Å². The molecular weight excluding hydrogens is 378 g/mol. The molecule has 0 bridgehead atoms. The van der Waals surface area contributed by atoms with Crippen molar-refractivity contribution in [2.24, 2.45) is 0 Å². The third-order valence-electron chi connectivity index (χ3n) is 4.59. The van der Waals surface area contributed by atoms with Crippen LogP contribution in [0.15, 0.2) is 91.1 Å². The molecule has 0 N–H and O–H groups in total. The summed E-state index contributed by atoms with van der Waals surface area (Å²) in [4.78, 5) is 17.2. The molecule has 3 rings (SSSR count). The molecular formula is C25H25NO2S. The van der Waals surface area contributed by atoms with Crippen molar-refractivity contribution in [1.82, 2.24) is 4.73 Å². The number of carbonyl (C=O) groups is 1. The fourth-order valence-corrected chi connectivity index (χ4v) is 3.29. The van der Waals surface area contributed by atoms with Crippen molar-refractivity contribution in [2.45, 2.75) is 32.1 Å². The van der Waals surface area contributed by atoms with E-state index < -0.39 is 0 Å². The minimum absolute atomic E-state index is 0.253. The Balaban J connectivity index is 1.48. The summed E-state index contributed by atoms with van der Waals surface area (Å²) in [5, 5.41) is 0. The fraction of sp³-hybridized carbons (Fsp3) is 0.200. The number of unbranched alkanes of at least 4 members (excludes halogenated alkanes) is 3. The lowest BCUT2D eigenvalue weighted by molar-refractivity contribution is -0.144. The van der Waals surface area contributed by atoms with Crippen molar-refractivity contribution in [3.8, 4) is 0 Å². The topological polar surface area (TPSA) is 31.2 Å². The molecule has 0 amide bonds. The quantitative estimate of drug-likeness (QED) is 0.312. The molecule has 0 radical (unpaired) electrons. The summed E-state index contributed by atoms with van der Waals surface area (Å²) < 4.78 is 1.83. The van der Waals surface area contributed by atoms with Crippen LogP contribution in [-0.2, 0) is 4.79 Å². The summed E-state index contributed by atoms with van der Waals surface area (Å²) in [6, 6.07) is 26.2. The highest BCUT2D eigenvalue weighted by molar-refractivity contribution is 7.71. The number of allylic oxidation sites excluding steroid dienone is 1. The molecule has 0 saturated heterocycles. The van der Waals surface area contributed by atoms with Crippen molar-refractivity contribution >= 4 is 23.8 Å². The van der Waals surface area contributed by atoms with Crippen molar-refractivity contribution < 1.29 is 9.63 Å². The highest BCUT2D eigenvalue weighted by Gasteiger charge is 2.06. The molecule has 29 heavy (non-hydrogen) atoms. The number of hydrogen-bond acceptors (Lipinski definition) is 3. The smallest absolute Gasteiger partial charge is 0.332 e. The number of benzene rings is 2. The van der Waals surface area contributed by atoms with E-state index in [4.69, 9.17) is 17.1 Å². The highest BCUT2D eigenvalue weighted by Crippen LogP contribution is 2.24. The normalized spacial score (nSPS) is 10.3. The Bertz CT molecular complexity index is 952. The van der Waals surface area contributed by atoms with E-state index in [-0.39, 0.29) is 5.97 Å². The zero-order chi connectivity index (χ0) is 20.3. The summed E-state index contributed by atoms with van der Waals surface area (Å²) in [6.07, 6.45) is 8.12. The molecule has 2 aromatic carbocycles. The SMILES string of the molecule is O=C(CCCCCC=C(c1ccccc1)c1ccccc1)On1ccccc1=S. The van der Waals surface area contributed by atoms with Gasteiger partial charge in [0, 0.05) is 12.6 Å². The number of hydrogen-bond donors (Lipinski definition) is 0. The average molecular weight is 404 g/mol. The minimum Gasteiger partial charge on any atom is -0.336 e. The van der Waals surface area contributed by atoms with E-state index in [1.165, 1.54) is 21.4 Å². The molecule has 0 aliphatic rings. The first-order valence-corrected chi connectivity index (χ1v) is 10.3. The second kappa shape index (κ2) is 11.1. The first-order valence-electron chi connectivity index (χ1n) is 9.94. The summed E-state index contributed by atoms with van der Waals surface area (Å²) in [5.74, 6) is -0.253. The van der Waals surface area contributed by atoms with Crippen LogP contribution in [-0.4, -0.2) is 10.7 Å². The molecule has 3 aromatic rings. The van der Waals surface area contributed by atoms with Gasteiger partial charge in [-0.3, -0.25) is 0 Å². The predicted molar refractivity (Wildman–Crippen MR) is 120 cm³/mol. The molecule has 0 aliphatic carbocycles. The maximum Gasteiger partial charge on any atom is 0.332 e. The van der Waals surface area contributed by atoms with E-state index in [0.29, 0.717) is 11.1 Å². The van der Waals surface area contributed by atoms with Crippen LogP contribution < -0.4 is 4.84 Å². The van der Waals surface area contributed by atoms with E-state index in [1.807, 2.05) is 18.2 Å². The molecule has 1 heterocycles. The van der Waals surface area contributed by atoms with Crippen molar-refractivity contribution in [1.29, 1.82) is 0 Å². The van der Waals surface area contributed by atoms with Gasteiger partial charge in [0.05, 0.1) is 0 Å². The Morgan fingerprint density at radius 1 is 0.828 bits per heavy atom. The molecule has 0 atom stereocenters. The number of pyridine rings is 1. The third kappa shape index (κ3) is 6.54. The Labute approximate surface area is 177 Å². The largest absolute Gasteiger partial charge is 0.336 e. The molecule has 0 fully saturated rings. The van der Waals surface area contributed by atoms with E-state index in [9.17, 15) is 4.79 Å². The van der Waals surface area contributed by atoms with Gasteiger partial charge in [-0.05, 0) is 48.1 Å². The van der Waals surface area contributed by atoms with Gasteiger partial charge in [0.15, 0.2) is 0 Å². The monoisotopic (exact) mass is 403 g/mol. The Hall–Kier alpha value is -2.98. The molecule has 1 aromatic heterocycles. The van der Waals surface area contributed by atoms with Gasteiger partial charge in [0.25, 0.3) is 0 Å². The van der Waals surface area contributed by atoms with Crippen LogP contribution in [0.25, 0.3) is 5.57 Å². The predicted octanol–water partition coefficient (Wildman–Crippen LogP) is 6.26. The van der Waals surface area contributed by atoms with Gasteiger partial charge in [-0.15, -0.1) is 0 Å². The van der Waals surface area contributed by atoms with E-state index >= 15 is 0 Å². The summed E-state index contributed by atoms with van der Waals surface area (Å²) >= 11 is 5.12. The second-order valence-corrected chi connectivity index (χ2v) is 7.20. The van der Waals surface area contributed by atoms with Gasteiger partial charge in [0.1, 0.15) is 4.64 Å². The molecule has 0 aliphatic heterocycles. The van der Waals surface area contributed by atoms with Gasteiger partial charge < -0.3 is 4.84 Å². The number of rotatable bonds is 9. The molecule has 148 valence electrons. The second-order valence-electron chi connectivity index (χ2n) is 6.78. The van der Waals surface area contributed by atoms with Crippen molar-refractivity contribution in [3.63, 3.8) is 0 Å². The zero-order valence-corrected chi connectivity index (χ0v) is 17.2. The van der Waals surface area contributed by atoms with Crippen LogP contribution in [0.3, 0.4) is 0 Å². The number of aromatic nitrogens is 1. The van der Waals surface area contributed by atoms with E-state index in [0.717, 1.165) is 25.7 Å². The lowest BCUT2D eigenvalue weighted by Gasteiger charge is -2.09. The van der Waals surface area contributed by atoms with Crippen LogP contribution in [0.2, 0.25) is 0 Å². The Kier molecular flexibility index (Phi) is 7.96. The first kappa shape index (κ1) is 20.7. The highest BCUT2D eigenvalue weighted by atomic mass is 32.1. The van der Waals surface area contributed by atoms with Gasteiger partial charge in [-0.1, -0.05) is 91.4 Å². The van der Waals surface area contributed by atoms with Crippen LogP contribution >= 0.6 is 12.2 Å². The molecule has 0 spiro atoms. The van der Waals surface area contributed by atoms with Crippen molar-refractivity contribution in [3.05, 3.63) is 107 Å². The van der Waals surface area contributed by atoms with E-state index in [2.05, 4.69) is 54.6 Å². The molecule has 4 heteroatoms. The summed E-state index contributed by atoms with van der Waals surface area (Å²) in [6.45, 7) is 0. The Morgan fingerprint density at radius 3 is 2.07 bits per heavy atom. The third-order valence-corrected chi connectivity index (χ3v) is 4.91. The summed E-state index contributed by atoms with van der Waals surface area (Å²) in [7, 11) is 0. The molecule has 0 unspecified atom stereocenters. The maximum absolute atomic E-state index is 12.0. The fourth-order valence-electron chi connectivity index (χ4n) is 3.12. The zero-order valence-electron chi connectivity index (χ0n) is 16.4. The van der Waals surface area contributed by atoms with Crippen LogP contribution in [0, 0.1) is 4.64 Å². The standard InChI is InChI=1S/C25H25NO2S/c27-25(28-26-20-12-11-18-24(26)29)19-10-2-1-9-17-23(21-13-5-3-6-14-21)22-15-7-4-8-16-22/h3-8,11-18,20H,1-2,9-10,19H2. The Morgan fingerprint density at radius 2 is 1.45 bits per heavy atom. The number of nitrogens with zero attached hydrogens (tertiary/aromatic N) is 1. The lowest BCUT2D eigenvalue weighted by Crippen LogP contribution is -2.19. The lowest BCUT2D eigenvalue weighted by atomic mass is 9.96. The number of carbonyl (C=O) groups excluding carboxylic acids is 1. The minimum atomic E-state index is -0.253. The first-order chi connectivity index (χ1) is 14.2. The molecule has 3 nitrogen and oxygen atoms in total. The van der Waals surface area contributed by atoms with Gasteiger partial charge in [-0.25, -0.2) is 4.79 Å².